The second-order valence-corrected chi connectivity index (χ2v) is 7.61. The monoisotopic (exact) mass is 456 g/mol. The molecule has 33 heavy (non-hydrogen) atoms. The zero-order chi connectivity index (χ0) is 24.1. The van der Waals surface area contributed by atoms with E-state index in [-0.39, 0.29) is 18.3 Å². The van der Waals surface area contributed by atoms with Crippen molar-refractivity contribution in [2.45, 2.75) is 31.7 Å². The van der Waals surface area contributed by atoms with Crippen LogP contribution in [0, 0.1) is 0 Å². The number of nitrogens with one attached hydrogen (secondary N) is 2. The highest BCUT2D eigenvalue weighted by atomic mass is 16.5. The Morgan fingerprint density at radius 2 is 1.79 bits per heavy atom. The number of anilines is 1. The Bertz CT molecular complexity index is 1130. The van der Waals surface area contributed by atoms with Gasteiger partial charge in [0.2, 0.25) is 17.1 Å². The minimum atomic E-state index is -1.05. The summed E-state index contributed by atoms with van der Waals surface area (Å²) in [5.41, 5.74) is 3.17. The van der Waals surface area contributed by atoms with Gasteiger partial charge >= 0.3 is 5.97 Å². The highest BCUT2D eigenvalue weighted by Gasteiger charge is 2.29. The van der Waals surface area contributed by atoms with Crippen LogP contribution in [0.2, 0.25) is 0 Å². The van der Waals surface area contributed by atoms with E-state index in [9.17, 15) is 14.4 Å². The van der Waals surface area contributed by atoms with Gasteiger partial charge in [-0.1, -0.05) is 6.07 Å². The molecule has 176 valence electrons. The van der Waals surface area contributed by atoms with Gasteiger partial charge in [-0.2, -0.15) is 0 Å². The summed E-state index contributed by atoms with van der Waals surface area (Å²) >= 11 is 0. The Morgan fingerprint density at radius 3 is 2.39 bits per heavy atom. The van der Waals surface area contributed by atoms with Crippen LogP contribution in [0.4, 0.5) is 5.69 Å². The zero-order valence-electron chi connectivity index (χ0n) is 19.1. The maximum Gasteiger partial charge on any atom is 0.303 e. The average molecular weight is 456 g/mol. The third kappa shape index (κ3) is 4.87. The molecule has 1 aliphatic carbocycles. The van der Waals surface area contributed by atoms with Gasteiger partial charge in [0.15, 0.2) is 11.5 Å². The van der Waals surface area contributed by atoms with E-state index in [1.807, 2.05) is 12.1 Å². The number of carboxylic acid groups (broad SMARTS) is 1. The highest BCUT2D eigenvalue weighted by molar-refractivity contribution is 5.84. The van der Waals surface area contributed by atoms with Crippen LogP contribution in [0.15, 0.2) is 29.1 Å². The molecular weight excluding hydrogens is 428 g/mol. The minimum absolute atomic E-state index is 0.149. The van der Waals surface area contributed by atoms with Crippen molar-refractivity contribution >= 4 is 17.6 Å². The molecule has 0 saturated heterocycles. The SMILES string of the molecule is CNc1ccc2c(cc1=O)[C@@H](NC(=O)CCC(=O)O)CCc1cc(OC)c(OC)c(OC)c1-2. The number of carbonyl (C=O) groups is 2. The molecule has 1 amide bonds. The first-order chi connectivity index (χ1) is 15.8. The predicted molar refractivity (Wildman–Crippen MR) is 123 cm³/mol. The van der Waals surface area contributed by atoms with Crippen molar-refractivity contribution in [2.75, 3.05) is 33.7 Å². The van der Waals surface area contributed by atoms with E-state index >= 15 is 0 Å². The van der Waals surface area contributed by atoms with Crippen molar-refractivity contribution in [3.8, 4) is 28.4 Å². The molecule has 0 heterocycles. The Labute approximate surface area is 191 Å². The van der Waals surface area contributed by atoms with Crippen LogP contribution in [0.3, 0.4) is 0 Å². The first-order valence-electron chi connectivity index (χ1n) is 10.5. The molecule has 3 rings (SSSR count). The van der Waals surface area contributed by atoms with Gasteiger partial charge in [-0.3, -0.25) is 14.4 Å². The third-order valence-electron chi connectivity index (χ3n) is 5.71. The molecule has 3 N–H and O–H groups in total. The number of amides is 1. The number of aliphatic carboxylic acids is 1. The van der Waals surface area contributed by atoms with Crippen LogP contribution in [0.25, 0.3) is 11.1 Å². The molecule has 0 spiro atoms. The zero-order valence-corrected chi connectivity index (χ0v) is 19.1. The second-order valence-electron chi connectivity index (χ2n) is 7.61. The number of rotatable bonds is 8. The van der Waals surface area contributed by atoms with Gasteiger partial charge in [0.25, 0.3) is 0 Å². The van der Waals surface area contributed by atoms with E-state index in [0.717, 1.165) is 11.1 Å². The molecule has 1 atom stereocenters. The summed E-state index contributed by atoms with van der Waals surface area (Å²) in [7, 11) is 6.27. The van der Waals surface area contributed by atoms with E-state index in [1.54, 1.807) is 20.2 Å². The van der Waals surface area contributed by atoms with Crippen LogP contribution in [-0.2, 0) is 16.0 Å². The average Bonchev–Trinajstić information content (AvgIpc) is 3.05. The summed E-state index contributed by atoms with van der Waals surface area (Å²) in [4.78, 5) is 36.2. The Hall–Kier alpha value is -3.75. The van der Waals surface area contributed by atoms with Crippen molar-refractivity contribution in [2.24, 2.45) is 0 Å². The lowest BCUT2D eigenvalue weighted by Crippen LogP contribution is -2.29. The molecule has 0 aliphatic heterocycles. The summed E-state index contributed by atoms with van der Waals surface area (Å²) in [6.07, 6.45) is 0.633. The summed E-state index contributed by atoms with van der Waals surface area (Å²) in [6, 6.07) is 6.39. The van der Waals surface area contributed by atoms with Gasteiger partial charge in [-0.05, 0) is 47.7 Å². The lowest BCUT2D eigenvalue weighted by atomic mass is 9.95. The molecule has 0 unspecified atom stereocenters. The van der Waals surface area contributed by atoms with Gasteiger partial charge in [-0.15, -0.1) is 0 Å². The van der Waals surface area contributed by atoms with Gasteiger partial charge in [0.05, 0.1) is 39.5 Å². The number of carboxylic acids is 1. The third-order valence-corrected chi connectivity index (χ3v) is 5.71. The molecule has 0 bridgehead atoms. The normalized spacial score (nSPS) is 14.2. The quantitative estimate of drug-likeness (QED) is 0.554. The van der Waals surface area contributed by atoms with Crippen LogP contribution in [0.1, 0.15) is 36.4 Å². The van der Waals surface area contributed by atoms with Gasteiger partial charge < -0.3 is 30.0 Å². The Balaban J connectivity index is 2.25. The summed E-state index contributed by atoms with van der Waals surface area (Å²) in [5.74, 6) is -0.0323. The molecule has 9 heteroatoms. The lowest BCUT2D eigenvalue weighted by Gasteiger charge is -2.20. The number of carbonyl (C=O) groups excluding carboxylic acids is 1. The Kier molecular flexibility index (Phi) is 7.42. The van der Waals surface area contributed by atoms with E-state index in [4.69, 9.17) is 19.3 Å². The molecule has 2 aromatic carbocycles. The smallest absolute Gasteiger partial charge is 0.303 e. The highest BCUT2D eigenvalue weighted by Crippen LogP contribution is 2.50. The van der Waals surface area contributed by atoms with Crippen LogP contribution in [0.5, 0.6) is 17.2 Å². The van der Waals surface area contributed by atoms with E-state index in [2.05, 4.69) is 10.6 Å². The molecule has 0 aromatic heterocycles. The lowest BCUT2D eigenvalue weighted by molar-refractivity contribution is -0.138. The predicted octanol–water partition coefficient (Wildman–Crippen LogP) is 2.75. The molecule has 9 nitrogen and oxygen atoms in total. The van der Waals surface area contributed by atoms with Crippen LogP contribution < -0.4 is 30.3 Å². The van der Waals surface area contributed by atoms with Crippen molar-refractivity contribution in [3.05, 3.63) is 45.6 Å². The van der Waals surface area contributed by atoms with E-state index in [1.165, 1.54) is 20.3 Å². The van der Waals surface area contributed by atoms with Crippen LogP contribution >= 0.6 is 0 Å². The van der Waals surface area contributed by atoms with E-state index in [0.29, 0.717) is 46.9 Å². The topological polar surface area (TPSA) is 123 Å². The minimum Gasteiger partial charge on any atom is -0.493 e. The summed E-state index contributed by atoms with van der Waals surface area (Å²) in [5, 5.41) is 14.7. The molecule has 0 radical (unpaired) electrons. The maximum absolute atomic E-state index is 12.8. The number of methoxy groups -OCH3 is 3. The summed E-state index contributed by atoms with van der Waals surface area (Å²) < 4.78 is 16.8. The standard InChI is InChI=1S/C24H28N2O7/c1-25-17-8-6-14-15(12-18(17)27)16(26-20(28)9-10-21(29)30)7-5-13-11-19(31-2)23(32-3)24(33-4)22(13)14/h6,8,11-12,16H,5,7,9-10H2,1-4H3,(H,25,27)(H,26,28)(H,29,30)/t16-/m0/s1. The van der Waals surface area contributed by atoms with Crippen molar-refractivity contribution in [1.29, 1.82) is 0 Å². The molecule has 1 aliphatic rings. The number of aryl methyl sites for hydroxylation is 1. The molecule has 2 aromatic rings. The fraction of sp³-hybridized carbons (Fsp3) is 0.375. The van der Waals surface area contributed by atoms with Gasteiger partial charge in [0, 0.05) is 19.0 Å². The number of hydrogen-bond acceptors (Lipinski definition) is 7. The van der Waals surface area contributed by atoms with Gasteiger partial charge in [-0.25, -0.2) is 0 Å². The number of benzene rings is 1. The van der Waals surface area contributed by atoms with E-state index < -0.39 is 17.9 Å². The van der Waals surface area contributed by atoms with Crippen molar-refractivity contribution in [3.63, 3.8) is 0 Å². The van der Waals surface area contributed by atoms with Crippen molar-refractivity contribution in [1.82, 2.24) is 5.32 Å². The van der Waals surface area contributed by atoms with Crippen molar-refractivity contribution < 1.29 is 28.9 Å². The van der Waals surface area contributed by atoms with Gasteiger partial charge in [0.1, 0.15) is 0 Å². The number of fused-ring (bicyclic) bond motifs is 3. The maximum atomic E-state index is 12.8. The summed E-state index contributed by atoms with van der Waals surface area (Å²) in [6.45, 7) is 0. The Morgan fingerprint density at radius 1 is 1.06 bits per heavy atom. The number of ether oxygens (including phenoxy) is 3. The first kappa shape index (κ1) is 23.9. The molecular formula is C24H28N2O7. The van der Waals surface area contributed by atoms with Crippen LogP contribution in [-0.4, -0.2) is 45.4 Å². The largest absolute Gasteiger partial charge is 0.493 e. The second kappa shape index (κ2) is 10.2. The first-order valence-corrected chi connectivity index (χ1v) is 10.5. The molecule has 0 fully saturated rings. The number of hydrogen-bond donors (Lipinski definition) is 3. The molecule has 0 saturated carbocycles. The fourth-order valence-corrected chi connectivity index (χ4v) is 4.16. The fourth-order valence-electron chi connectivity index (χ4n) is 4.16.